The number of unbranched alkanes of at least 4 members (excludes halogenated alkanes) is 1. The molecule has 7 heteroatoms. The highest BCUT2D eigenvalue weighted by Crippen LogP contribution is 1.85. The summed E-state index contributed by atoms with van der Waals surface area (Å²) < 4.78 is 0. The quantitative estimate of drug-likeness (QED) is 0.375. The van der Waals surface area contributed by atoms with Crippen LogP contribution < -0.4 is 21.7 Å². The molecule has 7 nitrogen and oxygen atoms in total. The summed E-state index contributed by atoms with van der Waals surface area (Å²) >= 11 is 0. The van der Waals surface area contributed by atoms with Gasteiger partial charge in [-0.3, -0.25) is 14.4 Å². The van der Waals surface area contributed by atoms with E-state index in [1.807, 2.05) is 0 Å². The molecule has 0 saturated heterocycles. The highest BCUT2D eigenvalue weighted by atomic mass is 16.2. The second-order valence-electron chi connectivity index (χ2n) is 4.44. The maximum Gasteiger partial charge on any atom is 0.221 e. The smallest absolute Gasteiger partial charge is 0.221 e. The first-order valence-electron chi connectivity index (χ1n) is 7.10. The topological polar surface area (TPSA) is 113 Å². The molecule has 0 unspecified atom stereocenters. The Morgan fingerprint density at radius 2 is 1.25 bits per heavy atom. The first-order chi connectivity index (χ1) is 9.60. The lowest BCUT2D eigenvalue weighted by atomic mass is 10.3. The van der Waals surface area contributed by atoms with Gasteiger partial charge in [-0.1, -0.05) is 13.3 Å². The van der Waals surface area contributed by atoms with Crippen LogP contribution in [0, 0.1) is 0 Å². The molecule has 0 bridgehead atoms. The Kier molecular flexibility index (Phi) is 11.4. The van der Waals surface area contributed by atoms with Crippen molar-refractivity contribution in [1.29, 1.82) is 0 Å². The lowest BCUT2D eigenvalue weighted by Gasteiger charge is -2.07. The van der Waals surface area contributed by atoms with Gasteiger partial charge in [-0.25, -0.2) is 0 Å². The molecule has 5 N–H and O–H groups in total. The van der Waals surface area contributed by atoms with Crippen molar-refractivity contribution in [2.24, 2.45) is 5.73 Å². The van der Waals surface area contributed by atoms with Crippen molar-refractivity contribution < 1.29 is 14.4 Å². The molecule has 0 aliphatic carbocycles. The number of carbonyl (C=O) groups is 3. The van der Waals surface area contributed by atoms with Crippen LogP contribution in [0.5, 0.6) is 0 Å². The molecule has 0 atom stereocenters. The number of amides is 3. The normalized spacial score (nSPS) is 9.90. The van der Waals surface area contributed by atoms with Crippen LogP contribution in [0.4, 0.5) is 0 Å². The van der Waals surface area contributed by atoms with Gasteiger partial charge >= 0.3 is 0 Å². The fraction of sp³-hybridized carbons (Fsp3) is 0.769. The van der Waals surface area contributed by atoms with Crippen LogP contribution in [-0.4, -0.2) is 43.9 Å². The number of carbonyl (C=O) groups excluding carboxylic acids is 3. The van der Waals surface area contributed by atoms with E-state index in [0.29, 0.717) is 19.6 Å². The van der Waals surface area contributed by atoms with Gasteiger partial charge in [0.25, 0.3) is 0 Å². The van der Waals surface area contributed by atoms with E-state index < -0.39 is 0 Å². The lowest BCUT2D eigenvalue weighted by Crippen LogP contribution is -2.34. The molecule has 0 heterocycles. The molecule has 0 fully saturated rings. The summed E-state index contributed by atoms with van der Waals surface area (Å²) in [7, 11) is 0. The van der Waals surface area contributed by atoms with Gasteiger partial charge in [0.15, 0.2) is 0 Å². The van der Waals surface area contributed by atoms with Crippen molar-refractivity contribution in [1.82, 2.24) is 16.0 Å². The summed E-state index contributed by atoms with van der Waals surface area (Å²) in [4.78, 5) is 33.8. The molecule has 20 heavy (non-hydrogen) atoms. The number of nitrogens with one attached hydrogen (secondary N) is 3. The first kappa shape index (κ1) is 18.4. The monoisotopic (exact) mass is 286 g/mol. The number of nitrogens with two attached hydrogens (primary N) is 1. The van der Waals surface area contributed by atoms with Gasteiger partial charge in [0, 0.05) is 45.4 Å². The molecule has 0 saturated carbocycles. The Morgan fingerprint density at radius 3 is 1.70 bits per heavy atom. The Labute approximate surface area is 120 Å². The van der Waals surface area contributed by atoms with Crippen LogP contribution >= 0.6 is 0 Å². The third-order valence-corrected chi connectivity index (χ3v) is 2.57. The van der Waals surface area contributed by atoms with Gasteiger partial charge in [-0.05, 0) is 6.42 Å². The summed E-state index contributed by atoms with van der Waals surface area (Å²) in [6.45, 7) is 3.63. The maximum absolute atomic E-state index is 11.4. The van der Waals surface area contributed by atoms with Crippen LogP contribution in [0.3, 0.4) is 0 Å². The molecule has 0 aliphatic heterocycles. The molecule has 0 aromatic heterocycles. The molecule has 0 radical (unpaired) electrons. The fourth-order valence-electron chi connectivity index (χ4n) is 1.43. The van der Waals surface area contributed by atoms with Crippen LogP contribution in [0.2, 0.25) is 0 Å². The Morgan fingerprint density at radius 1 is 0.800 bits per heavy atom. The summed E-state index contributed by atoms with van der Waals surface area (Å²) in [5, 5.41) is 7.99. The third kappa shape index (κ3) is 11.5. The van der Waals surface area contributed by atoms with Crippen molar-refractivity contribution in [2.45, 2.75) is 39.0 Å². The predicted molar refractivity (Wildman–Crippen MR) is 76.8 cm³/mol. The van der Waals surface area contributed by atoms with Gasteiger partial charge in [-0.2, -0.15) is 0 Å². The summed E-state index contributed by atoms with van der Waals surface area (Å²) in [5.41, 5.74) is 5.22. The molecule has 3 amide bonds. The van der Waals surface area contributed by atoms with Crippen molar-refractivity contribution >= 4 is 17.7 Å². The summed E-state index contributed by atoms with van der Waals surface area (Å²) in [6, 6.07) is 0. The summed E-state index contributed by atoms with van der Waals surface area (Å²) in [5.74, 6) is -0.398. The van der Waals surface area contributed by atoms with E-state index in [0.717, 1.165) is 12.8 Å². The van der Waals surface area contributed by atoms with Crippen molar-refractivity contribution in [3.05, 3.63) is 0 Å². The average molecular weight is 286 g/mol. The standard InChI is InChI=1S/C13H26N4O3/c1-2-3-8-15-12(19)5-10-17-13(20)6-9-16-11(18)4-7-14/h2-10,14H2,1H3,(H,15,19)(H,16,18)(H,17,20). The SMILES string of the molecule is CCCCNC(=O)CCNC(=O)CCNC(=O)CCN. The minimum absolute atomic E-state index is 0.0602. The van der Waals surface area contributed by atoms with E-state index in [1.165, 1.54) is 0 Å². The number of hydrogen-bond acceptors (Lipinski definition) is 4. The largest absolute Gasteiger partial charge is 0.356 e. The van der Waals surface area contributed by atoms with E-state index in [-0.39, 0.29) is 43.5 Å². The second-order valence-corrected chi connectivity index (χ2v) is 4.44. The average Bonchev–Trinajstić information content (AvgIpc) is 2.39. The van der Waals surface area contributed by atoms with E-state index in [2.05, 4.69) is 22.9 Å². The molecule has 0 spiro atoms. The molecule has 0 rings (SSSR count). The highest BCUT2D eigenvalue weighted by molar-refractivity contribution is 5.80. The van der Waals surface area contributed by atoms with E-state index in [9.17, 15) is 14.4 Å². The van der Waals surface area contributed by atoms with Gasteiger partial charge in [0.2, 0.25) is 17.7 Å². The summed E-state index contributed by atoms with van der Waals surface area (Å²) in [6.07, 6.45) is 2.73. The van der Waals surface area contributed by atoms with Crippen LogP contribution in [-0.2, 0) is 14.4 Å². The minimum atomic E-state index is -0.181. The van der Waals surface area contributed by atoms with E-state index >= 15 is 0 Å². The van der Waals surface area contributed by atoms with Crippen LogP contribution in [0.25, 0.3) is 0 Å². The minimum Gasteiger partial charge on any atom is -0.356 e. The fourth-order valence-corrected chi connectivity index (χ4v) is 1.43. The van der Waals surface area contributed by atoms with Crippen molar-refractivity contribution in [3.63, 3.8) is 0 Å². The highest BCUT2D eigenvalue weighted by Gasteiger charge is 2.05. The van der Waals surface area contributed by atoms with Crippen LogP contribution in [0.1, 0.15) is 39.0 Å². The van der Waals surface area contributed by atoms with Gasteiger partial charge in [-0.15, -0.1) is 0 Å². The third-order valence-electron chi connectivity index (χ3n) is 2.57. The molecule has 0 aliphatic rings. The van der Waals surface area contributed by atoms with Gasteiger partial charge in [0.05, 0.1) is 0 Å². The van der Waals surface area contributed by atoms with Crippen molar-refractivity contribution in [2.75, 3.05) is 26.2 Å². The molecule has 0 aromatic rings. The Bertz CT molecular complexity index is 308. The van der Waals surface area contributed by atoms with Crippen LogP contribution in [0.15, 0.2) is 0 Å². The van der Waals surface area contributed by atoms with E-state index in [1.54, 1.807) is 0 Å². The maximum atomic E-state index is 11.4. The molecular formula is C13H26N4O3. The second kappa shape index (κ2) is 12.4. The molecule has 0 aromatic carbocycles. The van der Waals surface area contributed by atoms with Gasteiger partial charge in [0.1, 0.15) is 0 Å². The van der Waals surface area contributed by atoms with Gasteiger partial charge < -0.3 is 21.7 Å². The molecular weight excluding hydrogens is 260 g/mol. The Balaban J connectivity index is 3.49. The number of rotatable bonds is 11. The Hall–Kier alpha value is -1.63. The number of hydrogen-bond donors (Lipinski definition) is 4. The zero-order valence-electron chi connectivity index (χ0n) is 12.2. The predicted octanol–water partition coefficient (Wildman–Crippen LogP) is -0.736. The molecule has 116 valence electrons. The zero-order valence-corrected chi connectivity index (χ0v) is 12.2. The van der Waals surface area contributed by atoms with Crippen molar-refractivity contribution in [3.8, 4) is 0 Å². The zero-order chi connectivity index (χ0) is 15.2. The lowest BCUT2D eigenvalue weighted by molar-refractivity contribution is -0.122. The van der Waals surface area contributed by atoms with E-state index in [4.69, 9.17) is 5.73 Å². The first-order valence-corrected chi connectivity index (χ1v) is 7.10.